The minimum atomic E-state index is -0.515. The Morgan fingerprint density at radius 1 is 1.33 bits per heavy atom. The van der Waals surface area contributed by atoms with Crippen LogP contribution in [0, 0.1) is 6.92 Å². The molecule has 0 aliphatic heterocycles. The van der Waals surface area contributed by atoms with E-state index in [1.807, 2.05) is 49.7 Å². The van der Waals surface area contributed by atoms with Gasteiger partial charge in [0.1, 0.15) is 9.71 Å². The molecule has 0 bridgehead atoms. The first-order valence-corrected chi connectivity index (χ1v) is 9.71. The lowest BCUT2D eigenvalue weighted by molar-refractivity contribution is -0.124. The summed E-state index contributed by atoms with van der Waals surface area (Å²) in [5.74, 6) is -0.834. The Hall–Kier alpha value is -2.38. The largest absolute Gasteiger partial charge is 0.451 e. The number of thiophene rings is 1. The number of halogens is 1. The Bertz CT molecular complexity index is 993. The van der Waals surface area contributed by atoms with Gasteiger partial charge < -0.3 is 10.1 Å². The third kappa shape index (κ3) is 4.48. The molecule has 0 spiro atoms. The molecule has 1 N–H and O–H groups in total. The highest BCUT2D eigenvalue weighted by molar-refractivity contribution is 7.20. The SMILES string of the molecule is Cc1nn(Cc2ccccc2Cl)c2sc(C(=O)OCC(=O)NC(C)C)cc12. The molecule has 1 amide bonds. The van der Waals surface area contributed by atoms with E-state index in [0.29, 0.717) is 16.4 Å². The average molecular weight is 406 g/mol. The molecule has 8 heteroatoms. The van der Waals surface area contributed by atoms with Crippen LogP contribution in [0.5, 0.6) is 0 Å². The zero-order chi connectivity index (χ0) is 19.6. The highest BCUT2D eigenvalue weighted by Crippen LogP contribution is 2.30. The number of carbonyl (C=O) groups is 2. The normalized spacial score (nSPS) is 11.1. The van der Waals surface area contributed by atoms with Gasteiger partial charge in [0.2, 0.25) is 0 Å². The van der Waals surface area contributed by atoms with Gasteiger partial charge in [0.05, 0.1) is 12.2 Å². The molecule has 1 aromatic carbocycles. The van der Waals surface area contributed by atoms with Crippen molar-refractivity contribution >= 4 is 45.0 Å². The summed E-state index contributed by atoms with van der Waals surface area (Å²) in [5.41, 5.74) is 1.77. The second-order valence-corrected chi connectivity index (χ2v) is 7.90. The maximum absolute atomic E-state index is 12.3. The van der Waals surface area contributed by atoms with Gasteiger partial charge in [-0.3, -0.25) is 9.48 Å². The number of hydrogen-bond donors (Lipinski definition) is 1. The van der Waals surface area contributed by atoms with Gasteiger partial charge in [0.25, 0.3) is 5.91 Å². The van der Waals surface area contributed by atoms with Crippen LogP contribution in [0.4, 0.5) is 0 Å². The van der Waals surface area contributed by atoms with Crippen LogP contribution in [0.2, 0.25) is 5.02 Å². The molecule has 6 nitrogen and oxygen atoms in total. The van der Waals surface area contributed by atoms with E-state index in [1.165, 1.54) is 11.3 Å². The van der Waals surface area contributed by atoms with Crippen LogP contribution in [0.3, 0.4) is 0 Å². The molecule has 0 radical (unpaired) electrons. The molecule has 0 fully saturated rings. The average Bonchev–Trinajstić information content (AvgIpc) is 3.16. The summed E-state index contributed by atoms with van der Waals surface area (Å²) in [5, 5.41) is 8.79. The van der Waals surface area contributed by atoms with Gasteiger partial charge in [-0.15, -0.1) is 11.3 Å². The van der Waals surface area contributed by atoms with Crippen molar-refractivity contribution in [3.05, 3.63) is 51.5 Å². The van der Waals surface area contributed by atoms with Crippen molar-refractivity contribution in [3.63, 3.8) is 0 Å². The van der Waals surface area contributed by atoms with Crippen molar-refractivity contribution in [1.82, 2.24) is 15.1 Å². The summed E-state index contributed by atoms with van der Waals surface area (Å²) < 4.78 is 6.95. The maximum Gasteiger partial charge on any atom is 0.348 e. The quantitative estimate of drug-likeness (QED) is 0.633. The van der Waals surface area contributed by atoms with Crippen LogP contribution in [-0.4, -0.2) is 34.3 Å². The number of benzene rings is 1. The molecule has 0 saturated carbocycles. The second kappa shape index (κ2) is 8.10. The van der Waals surface area contributed by atoms with Crippen LogP contribution in [0.15, 0.2) is 30.3 Å². The first-order chi connectivity index (χ1) is 12.8. The fraction of sp³-hybridized carbons (Fsp3) is 0.316. The van der Waals surface area contributed by atoms with E-state index >= 15 is 0 Å². The van der Waals surface area contributed by atoms with E-state index in [2.05, 4.69) is 10.4 Å². The summed E-state index contributed by atoms with van der Waals surface area (Å²) in [4.78, 5) is 25.2. The number of aromatic nitrogens is 2. The number of aryl methyl sites for hydroxylation is 1. The molecular weight excluding hydrogens is 386 g/mol. The predicted octanol–water partition coefficient (Wildman–Crippen LogP) is 3.79. The van der Waals surface area contributed by atoms with E-state index < -0.39 is 5.97 Å². The number of esters is 1. The van der Waals surface area contributed by atoms with E-state index in [0.717, 1.165) is 21.5 Å². The third-order valence-corrected chi connectivity index (χ3v) is 5.37. The summed E-state index contributed by atoms with van der Waals surface area (Å²) in [6, 6.07) is 9.34. The minimum Gasteiger partial charge on any atom is -0.451 e. The van der Waals surface area contributed by atoms with Gasteiger partial charge in [0.15, 0.2) is 6.61 Å². The molecule has 27 heavy (non-hydrogen) atoms. The van der Waals surface area contributed by atoms with Crippen molar-refractivity contribution < 1.29 is 14.3 Å². The van der Waals surface area contributed by atoms with Crippen molar-refractivity contribution in [2.45, 2.75) is 33.4 Å². The molecule has 142 valence electrons. The molecule has 0 unspecified atom stereocenters. The van der Waals surface area contributed by atoms with Gasteiger partial charge in [-0.1, -0.05) is 29.8 Å². The van der Waals surface area contributed by atoms with Crippen molar-refractivity contribution in [3.8, 4) is 0 Å². The smallest absolute Gasteiger partial charge is 0.348 e. The number of carbonyl (C=O) groups excluding carboxylic acids is 2. The first-order valence-electron chi connectivity index (χ1n) is 8.52. The Kier molecular flexibility index (Phi) is 5.82. The molecule has 0 atom stereocenters. The van der Waals surface area contributed by atoms with Crippen LogP contribution < -0.4 is 5.32 Å². The fourth-order valence-electron chi connectivity index (χ4n) is 2.67. The van der Waals surface area contributed by atoms with Gasteiger partial charge in [-0.25, -0.2) is 4.79 Å². The van der Waals surface area contributed by atoms with Crippen LogP contribution in [0.1, 0.15) is 34.8 Å². The van der Waals surface area contributed by atoms with E-state index in [1.54, 1.807) is 6.07 Å². The summed E-state index contributed by atoms with van der Waals surface area (Å²) in [6.07, 6.45) is 0. The van der Waals surface area contributed by atoms with Crippen molar-refractivity contribution in [2.24, 2.45) is 0 Å². The van der Waals surface area contributed by atoms with Gasteiger partial charge in [0, 0.05) is 16.5 Å². The van der Waals surface area contributed by atoms with Gasteiger partial charge in [-0.2, -0.15) is 5.10 Å². The maximum atomic E-state index is 12.3. The topological polar surface area (TPSA) is 73.2 Å². The van der Waals surface area contributed by atoms with Crippen LogP contribution >= 0.6 is 22.9 Å². The predicted molar refractivity (Wildman–Crippen MR) is 106 cm³/mol. The minimum absolute atomic E-state index is 0.000953. The molecule has 3 rings (SSSR count). The Morgan fingerprint density at radius 2 is 2.07 bits per heavy atom. The van der Waals surface area contributed by atoms with Gasteiger partial charge in [-0.05, 0) is 38.5 Å². The Morgan fingerprint density at radius 3 is 2.78 bits per heavy atom. The van der Waals surface area contributed by atoms with E-state index in [-0.39, 0.29) is 18.6 Å². The number of amides is 1. The van der Waals surface area contributed by atoms with Crippen LogP contribution in [-0.2, 0) is 16.1 Å². The fourth-order valence-corrected chi connectivity index (χ4v) is 3.92. The van der Waals surface area contributed by atoms with E-state index in [4.69, 9.17) is 16.3 Å². The zero-order valence-corrected chi connectivity index (χ0v) is 16.9. The summed E-state index contributed by atoms with van der Waals surface area (Å²) in [6.45, 7) is 5.80. The second-order valence-electron chi connectivity index (χ2n) is 6.46. The Labute approximate surface area is 166 Å². The molecular formula is C19H20ClN3O3S. The monoisotopic (exact) mass is 405 g/mol. The Balaban J connectivity index is 1.78. The molecule has 0 aliphatic carbocycles. The third-order valence-electron chi connectivity index (χ3n) is 3.87. The lowest BCUT2D eigenvalue weighted by Gasteiger charge is -2.08. The lowest BCUT2D eigenvalue weighted by atomic mass is 10.2. The first kappa shape index (κ1) is 19.4. The number of rotatable bonds is 6. The molecule has 3 aromatic rings. The highest BCUT2D eigenvalue weighted by Gasteiger charge is 2.19. The number of nitrogens with one attached hydrogen (secondary N) is 1. The van der Waals surface area contributed by atoms with Crippen molar-refractivity contribution in [2.75, 3.05) is 6.61 Å². The number of fused-ring (bicyclic) bond motifs is 1. The zero-order valence-electron chi connectivity index (χ0n) is 15.3. The molecule has 0 saturated heterocycles. The lowest BCUT2D eigenvalue weighted by Crippen LogP contribution is -2.33. The standard InChI is InChI=1S/C19H20ClN3O3S/c1-11(2)21-17(24)10-26-19(25)16-8-14-12(3)22-23(18(14)27-16)9-13-6-4-5-7-15(13)20/h4-8,11H,9-10H2,1-3H3,(H,21,24). The molecule has 2 aromatic heterocycles. The molecule has 2 heterocycles. The number of nitrogens with zero attached hydrogens (tertiary/aromatic N) is 2. The number of hydrogen-bond acceptors (Lipinski definition) is 5. The molecule has 0 aliphatic rings. The van der Waals surface area contributed by atoms with E-state index in [9.17, 15) is 9.59 Å². The van der Waals surface area contributed by atoms with Crippen LogP contribution in [0.25, 0.3) is 10.2 Å². The summed E-state index contributed by atoms with van der Waals surface area (Å²) in [7, 11) is 0. The number of ether oxygens (including phenoxy) is 1. The van der Waals surface area contributed by atoms with Crippen molar-refractivity contribution in [1.29, 1.82) is 0 Å². The highest BCUT2D eigenvalue weighted by atomic mass is 35.5. The van der Waals surface area contributed by atoms with Gasteiger partial charge >= 0.3 is 5.97 Å². The summed E-state index contributed by atoms with van der Waals surface area (Å²) >= 11 is 7.54.